The highest BCUT2D eigenvalue weighted by atomic mass is 32.2. The van der Waals surface area contributed by atoms with Gasteiger partial charge >= 0.3 is 0 Å². The van der Waals surface area contributed by atoms with Crippen molar-refractivity contribution in [3.05, 3.63) is 82.0 Å². The molecule has 4 rings (SSSR count). The van der Waals surface area contributed by atoms with Crippen LogP contribution >= 0.6 is 11.8 Å². The summed E-state index contributed by atoms with van der Waals surface area (Å²) in [6, 6.07) is 12.0. The number of aromatic nitrogens is 4. The van der Waals surface area contributed by atoms with Crippen LogP contribution in [0, 0.1) is 12.7 Å². The second-order valence-corrected chi connectivity index (χ2v) is 8.13. The molecule has 0 aliphatic rings. The zero-order valence-corrected chi connectivity index (χ0v) is 17.4. The van der Waals surface area contributed by atoms with Crippen LogP contribution in [0.5, 0.6) is 0 Å². The monoisotopic (exact) mass is 424 g/mol. The highest BCUT2D eigenvalue weighted by molar-refractivity contribution is 7.99. The van der Waals surface area contributed by atoms with Crippen molar-refractivity contribution in [1.29, 1.82) is 0 Å². The van der Waals surface area contributed by atoms with Crippen molar-refractivity contribution in [2.24, 2.45) is 0 Å². The minimum absolute atomic E-state index is 0.00121. The Morgan fingerprint density at radius 2 is 1.93 bits per heavy atom. The molecule has 30 heavy (non-hydrogen) atoms. The van der Waals surface area contributed by atoms with Crippen molar-refractivity contribution in [2.45, 2.75) is 38.0 Å². The molecule has 2 aromatic heterocycles. The van der Waals surface area contributed by atoms with E-state index in [1.165, 1.54) is 23.9 Å². The summed E-state index contributed by atoms with van der Waals surface area (Å²) in [6.07, 6.45) is 3.85. The predicted molar refractivity (Wildman–Crippen MR) is 114 cm³/mol. The lowest BCUT2D eigenvalue weighted by Gasteiger charge is -2.06. The second kappa shape index (κ2) is 9.21. The van der Waals surface area contributed by atoms with Crippen molar-refractivity contribution in [3.63, 3.8) is 0 Å². The first-order valence-electron chi connectivity index (χ1n) is 9.74. The Morgan fingerprint density at radius 3 is 2.77 bits per heavy atom. The fourth-order valence-electron chi connectivity index (χ4n) is 3.12. The molecule has 0 spiro atoms. The van der Waals surface area contributed by atoms with E-state index < -0.39 is 0 Å². The van der Waals surface area contributed by atoms with Crippen molar-refractivity contribution < 1.29 is 8.81 Å². The van der Waals surface area contributed by atoms with Gasteiger partial charge in [-0.05, 0) is 49.6 Å². The minimum atomic E-state index is -0.266. The molecule has 2 heterocycles. The summed E-state index contributed by atoms with van der Waals surface area (Å²) in [6.45, 7) is 2.59. The molecule has 0 bridgehead atoms. The first kappa shape index (κ1) is 20.3. The summed E-state index contributed by atoms with van der Waals surface area (Å²) in [7, 11) is 0. The van der Waals surface area contributed by atoms with Crippen LogP contribution in [-0.4, -0.2) is 25.5 Å². The third-order valence-electron chi connectivity index (χ3n) is 4.72. The average molecular weight is 425 g/mol. The standard InChI is InChI=1S/C22H21FN4O2S/c1-15-4-9-19-18(12-15)21(28)27(14-24-19)10-2-3-11-30-22-26-25-20(29-22)13-16-5-7-17(23)8-6-16/h4-9,12,14H,2-3,10-11,13H2,1H3. The quantitative estimate of drug-likeness (QED) is 0.309. The lowest BCUT2D eigenvalue weighted by atomic mass is 10.1. The Balaban J connectivity index is 1.25. The maximum Gasteiger partial charge on any atom is 0.276 e. The highest BCUT2D eigenvalue weighted by Gasteiger charge is 2.08. The maximum atomic E-state index is 13.0. The lowest BCUT2D eigenvalue weighted by Crippen LogP contribution is -2.20. The Labute approximate surface area is 177 Å². The van der Waals surface area contributed by atoms with E-state index in [2.05, 4.69) is 15.2 Å². The maximum absolute atomic E-state index is 13.0. The normalized spacial score (nSPS) is 11.3. The van der Waals surface area contributed by atoms with E-state index in [0.29, 0.717) is 29.5 Å². The van der Waals surface area contributed by atoms with Gasteiger partial charge in [0.25, 0.3) is 10.8 Å². The van der Waals surface area contributed by atoms with Gasteiger partial charge in [0.2, 0.25) is 5.89 Å². The minimum Gasteiger partial charge on any atom is -0.416 e. The molecule has 0 saturated heterocycles. The predicted octanol–water partition coefficient (Wildman–Crippen LogP) is 4.39. The molecule has 0 aliphatic heterocycles. The van der Waals surface area contributed by atoms with E-state index in [0.717, 1.165) is 35.2 Å². The molecule has 0 radical (unpaired) electrons. The van der Waals surface area contributed by atoms with Crippen molar-refractivity contribution in [3.8, 4) is 0 Å². The summed E-state index contributed by atoms with van der Waals surface area (Å²) >= 11 is 1.49. The van der Waals surface area contributed by atoms with Crippen LogP contribution in [0.1, 0.15) is 29.9 Å². The summed E-state index contributed by atoms with van der Waals surface area (Å²) in [4.78, 5) is 17.0. The smallest absolute Gasteiger partial charge is 0.276 e. The van der Waals surface area contributed by atoms with Crippen LogP contribution in [0.3, 0.4) is 0 Å². The first-order valence-corrected chi connectivity index (χ1v) is 10.7. The van der Waals surface area contributed by atoms with Gasteiger partial charge in [-0.1, -0.05) is 35.5 Å². The number of hydrogen-bond acceptors (Lipinski definition) is 6. The molecule has 4 aromatic rings. The van der Waals surface area contributed by atoms with Crippen LogP contribution < -0.4 is 5.56 Å². The SMILES string of the molecule is Cc1ccc2ncn(CCCCSc3nnc(Cc4ccc(F)cc4)o3)c(=O)c2c1. The third kappa shape index (κ3) is 4.94. The van der Waals surface area contributed by atoms with Crippen molar-refractivity contribution >= 4 is 22.7 Å². The number of hydrogen-bond donors (Lipinski definition) is 0. The van der Waals surface area contributed by atoms with Gasteiger partial charge in [0.1, 0.15) is 5.82 Å². The van der Waals surface area contributed by atoms with Gasteiger partial charge in [0.15, 0.2) is 0 Å². The zero-order chi connectivity index (χ0) is 20.9. The topological polar surface area (TPSA) is 73.8 Å². The molecule has 0 saturated carbocycles. The second-order valence-electron chi connectivity index (χ2n) is 7.08. The van der Waals surface area contributed by atoms with E-state index >= 15 is 0 Å². The van der Waals surface area contributed by atoms with Gasteiger partial charge in [-0.25, -0.2) is 9.37 Å². The van der Waals surface area contributed by atoms with Gasteiger partial charge in [-0.15, -0.1) is 10.2 Å². The number of benzene rings is 2. The number of fused-ring (bicyclic) bond motifs is 1. The van der Waals surface area contributed by atoms with E-state index in [1.54, 1.807) is 23.0 Å². The van der Waals surface area contributed by atoms with E-state index in [4.69, 9.17) is 4.42 Å². The lowest BCUT2D eigenvalue weighted by molar-refractivity contribution is 0.420. The van der Waals surface area contributed by atoms with Crippen LogP contribution in [0.25, 0.3) is 10.9 Å². The Hall–Kier alpha value is -3.00. The zero-order valence-electron chi connectivity index (χ0n) is 16.5. The molecule has 0 unspecified atom stereocenters. The van der Waals surface area contributed by atoms with Gasteiger partial charge in [-0.2, -0.15) is 0 Å². The molecule has 154 valence electrons. The van der Waals surface area contributed by atoms with Gasteiger partial charge < -0.3 is 4.42 Å². The first-order chi connectivity index (χ1) is 14.6. The van der Waals surface area contributed by atoms with E-state index in [-0.39, 0.29) is 11.4 Å². The molecule has 8 heteroatoms. The molecule has 0 fully saturated rings. The molecule has 0 aliphatic carbocycles. The molecule has 0 amide bonds. The largest absolute Gasteiger partial charge is 0.416 e. The Kier molecular flexibility index (Phi) is 6.23. The number of unbranched alkanes of at least 4 members (excludes halogenated alkanes) is 1. The summed E-state index contributed by atoms with van der Waals surface area (Å²) in [5.41, 5.74) is 2.69. The third-order valence-corrected chi connectivity index (χ3v) is 5.62. The molecule has 0 N–H and O–H groups in total. The van der Waals surface area contributed by atoms with Crippen LogP contribution in [0.15, 0.2) is 63.2 Å². The van der Waals surface area contributed by atoms with Crippen molar-refractivity contribution in [2.75, 3.05) is 5.75 Å². The fourth-order valence-corrected chi connectivity index (χ4v) is 3.90. The van der Waals surface area contributed by atoms with E-state index in [9.17, 15) is 9.18 Å². The number of nitrogens with zero attached hydrogens (tertiary/aromatic N) is 4. The molecule has 6 nitrogen and oxygen atoms in total. The van der Waals surface area contributed by atoms with Gasteiger partial charge in [0, 0.05) is 12.3 Å². The summed E-state index contributed by atoms with van der Waals surface area (Å²) in [5.74, 6) is 1.05. The molecule has 2 aromatic carbocycles. The van der Waals surface area contributed by atoms with Crippen LogP contribution in [0.4, 0.5) is 4.39 Å². The van der Waals surface area contributed by atoms with Gasteiger partial charge in [0.05, 0.1) is 23.7 Å². The Morgan fingerprint density at radius 1 is 1.10 bits per heavy atom. The number of halogens is 1. The summed E-state index contributed by atoms with van der Waals surface area (Å²) < 4.78 is 20.3. The number of rotatable bonds is 8. The van der Waals surface area contributed by atoms with Crippen molar-refractivity contribution in [1.82, 2.24) is 19.7 Å². The number of thioether (sulfide) groups is 1. The summed E-state index contributed by atoms with van der Waals surface area (Å²) in [5, 5.41) is 9.27. The number of aryl methyl sites for hydroxylation is 2. The highest BCUT2D eigenvalue weighted by Crippen LogP contribution is 2.19. The molecular formula is C22H21FN4O2S. The molecule has 0 atom stereocenters. The fraction of sp³-hybridized carbons (Fsp3) is 0.273. The van der Waals surface area contributed by atoms with E-state index in [1.807, 2.05) is 25.1 Å². The van der Waals surface area contributed by atoms with Crippen LogP contribution in [-0.2, 0) is 13.0 Å². The van der Waals surface area contributed by atoms with Crippen LogP contribution in [0.2, 0.25) is 0 Å². The molecular weight excluding hydrogens is 403 g/mol. The van der Waals surface area contributed by atoms with Gasteiger partial charge in [-0.3, -0.25) is 9.36 Å². The Bertz CT molecular complexity index is 1200. The average Bonchev–Trinajstić information content (AvgIpc) is 3.18.